The number of carbonyl (C=O) groups is 1. The van der Waals surface area contributed by atoms with Crippen LogP contribution in [0, 0.1) is 6.92 Å². The Labute approximate surface area is 161 Å². The van der Waals surface area contributed by atoms with E-state index in [0.29, 0.717) is 23.3 Å². The lowest BCUT2D eigenvalue weighted by molar-refractivity contribution is -0.135. The van der Waals surface area contributed by atoms with E-state index in [1.807, 2.05) is 37.3 Å². The first-order valence-electron chi connectivity index (χ1n) is 9.54. The molecule has 0 bridgehead atoms. The molecule has 1 atom stereocenters. The number of aryl methyl sites for hydroxylation is 2. The third-order valence-electron chi connectivity index (χ3n) is 5.91. The fourth-order valence-corrected chi connectivity index (χ4v) is 4.73. The number of rotatable bonds is 2. The number of fused-ring (bicyclic) bond motifs is 5. The van der Waals surface area contributed by atoms with Gasteiger partial charge in [-0.15, -0.1) is 0 Å². The summed E-state index contributed by atoms with van der Waals surface area (Å²) < 4.78 is 16.9. The average Bonchev–Trinajstić information content (AvgIpc) is 3.17. The smallest absolute Gasteiger partial charge is 0.339 e. The van der Waals surface area contributed by atoms with Crippen LogP contribution in [0.15, 0.2) is 39.5 Å². The average molecular weight is 376 g/mol. The fourth-order valence-electron chi connectivity index (χ4n) is 4.73. The topological polar surface area (TPSA) is 65.7 Å². The van der Waals surface area contributed by atoms with Crippen molar-refractivity contribution in [1.29, 1.82) is 0 Å². The van der Waals surface area contributed by atoms with Gasteiger partial charge < -0.3 is 13.9 Å². The third kappa shape index (κ3) is 2.39. The summed E-state index contributed by atoms with van der Waals surface area (Å²) in [5.41, 5.74) is 4.77. The van der Waals surface area contributed by atoms with Gasteiger partial charge in [0.15, 0.2) is 0 Å². The van der Waals surface area contributed by atoms with Gasteiger partial charge in [0.25, 0.3) is 0 Å². The van der Waals surface area contributed by atoms with Crippen LogP contribution in [0.4, 0.5) is 0 Å². The number of hydrogen-bond donors (Lipinski definition) is 0. The molecule has 5 nitrogen and oxygen atoms in total. The largest absolute Gasteiger partial charge is 0.496 e. The van der Waals surface area contributed by atoms with Gasteiger partial charge in [-0.3, -0.25) is 4.79 Å². The van der Waals surface area contributed by atoms with Crippen molar-refractivity contribution in [3.63, 3.8) is 0 Å². The van der Waals surface area contributed by atoms with Gasteiger partial charge in [0.05, 0.1) is 18.9 Å². The Morgan fingerprint density at radius 3 is 2.71 bits per heavy atom. The zero-order chi connectivity index (χ0) is 19.4. The van der Waals surface area contributed by atoms with Crippen molar-refractivity contribution in [3.8, 4) is 11.5 Å². The number of ether oxygens (including phenoxy) is 2. The molecular formula is C23H20O5. The number of hydrogen-bond acceptors (Lipinski definition) is 5. The summed E-state index contributed by atoms with van der Waals surface area (Å²) in [6.07, 6.45) is 2.66. The number of esters is 1. The Balaban J connectivity index is 1.85. The van der Waals surface area contributed by atoms with Gasteiger partial charge in [-0.05, 0) is 49.4 Å². The van der Waals surface area contributed by atoms with Gasteiger partial charge in [0, 0.05) is 22.6 Å². The first kappa shape index (κ1) is 17.0. The Bertz CT molecular complexity index is 1190. The monoisotopic (exact) mass is 376 g/mol. The van der Waals surface area contributed by atoms with Crippen molar-refractivity contribution in [2.45, 2.75) is 38.5 Å². The number of para-hydroxylation sites is 1. The zero-order valence-corrected chi connectivity index (χ0v) is 15.8. The number of benzene rings is 2. The highest BCUT2D eigenvalue weighted by atomic mass is 16.5. The molecule has 0 fully saturated rings. The van der Waals surface area contributed by atoms with Gasteiger partial charge in [-0.25, -0.2) is 4.79 Å². The molecule has 1 aromatic heterocycles. The van der Waals surface area contributed by atoms with Crippen LogP contribution >= 0.6 is 0 Å². The predicted octanol–water partition coefficient (Wildman–Crippen LogP) is 4.04. The third-order valence-corrected chi connectivity index (χ3v) is 5.91. The Hall–Kier alpha value is -3.08. The van der Waals surface area contributed by atoms with E-state index in [2.05, 4.69) is 0 Å². The summed E-state index contributed by atoms with van der Waals surface area (Å²) in [4.78, 5) is 24.9. The highest BCUT2D eigenvalue weighted by Crippen LogP contribution is 2.48. The van der Waals surface area contributed by atoms with Gasteiger partial charge in [0.2, 0.25) is 0 Å². The molecule has 0 radical (unpaired) electrons. The molecular weight excluding hydrogens is 356 g/mol. The second kappa shape index (κ2) is 6.23. The molecule has 1 aliphatic carbocycles. The normalized spacial score (nSPS) is 17.9. The van der Waals surface area contributed by atoms with E-state index in [1.54, 1.807) is 7.11 Å². The molecule has 2 heterocycles. The summed E-state index contributed by atoms with van der Waals surface area (Å²) in [7, 11) is 1.63. The molecule has 5 heteroatoms. The minimum Gasteiger partial charge on any atom is -0.496 e. The summed E-state index contributed by atoms with van der Waals surface area (Å²) in [6.45, 7) is 1.97. The van der Waals surface area contributed by atoms with Crippen LogP contribution in [-0.4, -0.2) is 13.1 Å². The molecule has 1 aliphatic heterocycles. The van der Waals surface area contributed by atoms with Gasteiger partial charge >= 0.3 is 11.6 Å². The van der Waals surface area contributed by atoms with E-state index >= 15 is 0 Å². The zero-order valence-electron chi connectivity index (χ0n) is 15.8. The standard InChI is InChI=1S/C23H20O5/c1-12-10-18-21(14-7-5-8-15(14)23(25)27-18)22-20(12)16(11-19(24)28-22)13-6-3-4-9-17(13)26-2/h3-4,6,9-10,16H,5,7-8,11H2,1-2H3/t16-/m0/s1. The van der Waals surface area contributed by atoms with Crippen LogP contribution in [0.5, 0.6) is 11.5 Å². The number of methoxy groups -OCH3 is 1. The van der Waals surface area contributed by atoms with Crippen LogP contribution in [0.1, 0.15) is 46.6 Å². The van der Waals surface area contributed by atoms with Gasteiger partial charge in [-0.2, -0.15) is 0 Å². The lowest BCUT2D eigenvalue weighted by Crippen LogP contribution is -2.23. The Morgan fingerprint density at radius 1 is 1.11 bits per heavy atom. The maximum atomic E-state index is 12.6. The van der Waals surface area contributed by atoms with Crippen LogP contribution in [0.2, 0.25) is 0 Å². The molecule has 2 aromatic carbocycles. The molecule has 0 N–H and O–H groups in total. The van der Waals surface area contributed by atoms with Crippen LogP contribution < -0.4 is 15.1 Å². The molecule has 28 heavy (non-hydrogen) atoms. The van der Waals surface area contributed by atoms with Crippen LogP contribution in [-0.2, 0) is 17.6 Å². The summed E-state index contributed by atoms with van der Waals surface area (Å²) in [5, 5.41) is 0.778. The van der Waals surface area contributed by atoms with Crippen molar-refractivity contribution in [2.24, 2.45) is 0 Å². The molecule has 142 valence electrons. The van der Waals surface area contributed by atoms with Gasteiger partial charge in [0.1, 0.15) is 17.1 Å². The minimum atomic E-state index is -0.284. The highest BCUT2D eigenvalue weighted by Gasteiger charge is 2.35. The maximum absolute atomic E-state index is 12.6. The Kier molecular flexibility index (Phi) is 3.79. The van der Waals surface area contributed by atoms with Crippen molar-refractivity contribution < 1.29 is 18.7 Å². The van der Waals surface area contributed by atoms with Crippen molar-refractivity contribution in [1.82, 2.24) is 0 Å². The molecule has 0 saturated heterocycles. The molecule has 0 spiro atoms. The summed E-state index contributed by atoms with van der Waals surface area (Å²) in [6, 6.07) is 9.66. The van der Waals surface area contributed by atoms with Crippen LogP contribution in [0.3, 0.4) is 0 Å². The molecule has 5 rings (SSSR count). The maximum Gasteiger partial charge on any atom is 0.339 e. The van der Waals surface area contributed by atoms with Crippen molar-refractivity contribution >= 4 is 16.9 Å². The second-order valence-electron chi connectivity index (χ2n) is 7.48. The number of carbonyl (C=O) groups excluding carboxylic acids is 1. The fraction of sp³-hybridized carbons (Fsp3) is 0.304. The quantitative estimate of drug-likeness (QED) is 0.384. The lowest BCUT2D eigenvalue weighted by Gasteiger charge is -2.29. The first-order chi connectivity index (χ1) is 13.6. The first-order valence-corrected chi connectivity index (χ1v) is 9.54. The summed E-state index contributed by atoms with van der Waals surface area (Å²) in [5.74, 6) is 0.843. The molecule has 0 unspecified atom stereocenters. The lowest BCUT2D eigenvalue weighted by atomic mass is 9.82. The molecule has 0 amide bonds. The molecule has 0 saturated carbocycles. The van der Waals surface area contributed by atoms with Crippen molar-refractivity contribution in [3.05, 3.63) is 68.6 Å². The molecule has 2 aliphatic rings. The molecule has 3 aromatic rings. The van der Waals surface area contributed by atoms with E-state index in [1.165, 1.54) is 0 Å². The summed E-state index contributed by atoms with van der Waals surface area (Å²) >= 11 is 0. The predicted molar refractivity (Wildman–Crippen MR) is 104 cm³/mol. The highest BCUT2D eigenvalue weighted by molar-refractivity contribution is 5.95. The van der Waals surface area contributed by atoms with E-state index < -0.39 is 0 Å². The van der Waals surface area contributed by atoms with E-state index in [-0.39, 0.29) is 23.9 Å². The second-order valence-corrected chi connectivity index (χ2v) is 7.48. The van der Waals surface area contributed by atoms with Gasteiger partial charge in [-0.1, -0.05) is 18.2 Å². The minimum absolute atomic E-state index is 0.166. The van der Waals surface area contributed by atoms with E-state index in [9.17, 15) is 9.59 Å². The Morgan fingerprint density at radius 2 is 1.89 bits per heavy atom. The SMILES string of the molecule is COc1ccccc1[C@@H]1CC(=O)Oc2c1c(C)cc1oc(=O)c3c(c21)CCC3. The van der Waals surface area contributed by atoms with Crippen LogP contribution in [0.25, 0.3) is 11.0 Å². The van der Waals surface area contributed by atoms with E-state index in [4.69, 9.17) is 13.9 Å². The van der Waals surface area contributed by atoms with E-state index in [0.717, 1.165) is 46.2 Å². The van der Waals surface area contributed by atoms with Crippen molar-refractivity contribution in [2.75, 3.05) is 7.11 Å².